The fraction of sp³-hybridized carbons (Fsp3) is 0.867. The summed E-state index contributed by atoms with van der Waals surface area (Å²) in [7, 11) is 0. The summed E-state index contributed by atoms with van der Waals surface area (Å²) in [5.41, 5.74) is 1.29. The molecule has 1 aromatic heterocycles. The van der Waals surface area contributed by atoms with Crippen LogP contribution < -0.4 is 5.32 Å². The molecule has 1 fully saturated rings. The second kappa shape index (κ2) is 7.04. The number of nitrogens with one attached hydrogen (secondary N) is 1. The summed E-state index contributed by atoms with van der Waals surface area (Å²) in [4.78, 5) is 0. The number of rotatable bonds is 7. The van der Waals surface area contributed by atoms with Gasteiger partial charge in [0.25, 0.3) is 0 Å². The van der Waals surface area contributed by atoms with Crippen molar-refractivity contribution >= 4 is 0 Å². The van der Waals surface area contributed by atoms with E-state index in [1.54, 1.807) is 0 Å². The molecule has 2 rings (SSSR count). The molecule has 4 heteroatoms. The maximum Gasteiger partial charge on any atom is 0.0759 e. The quantitative estimate of drug-likeness (QED) is 0.822. The van der Waals surface area contributed by atoms with Crippen LogP contribution in [0, 0.1) is 11.8 Å². The largest absolute Gasteiger partial charge is 0.308 e. The van der Waals surface area contributed by atoms with E-state index in [0.717, 1.165) is 31.3 Å². The fourth-order valence-corrected chi connectivity index (χ4v) is 3.34. The van der Waals surface area contributed by atoms with Gasteiger partial charge in [-0.05, 0) is 37.6 Å². The summed E-state index contributed by atoms with van der Waals surface area (Å²) < 4.78 is 2.10. The van der Waals surface area contributed by atoms with Crippen molar-refractivity contribution in [3.63, 3.8) is 0 Å². The molecule has 1 N–H and O–H groups in total. The van der Waals surface area contributed by atoms with Crippen LogP contribution in [0.3, 0.4) is 0 Å². The van der Waals surface area contributed by atoms with Crippen LogP contribution in [0.25, 0.3) is 0 Å². The Kier molecular flexibility index (Phi) is 5.37. The van der Waals surface area contributed by atoms with Gasteiger partial charge in [0.05, 0.1) is 17.9 Å². The van der Waals surface area contributed by atoms with E-state index >= 15 is 0 Å². The molecule has 4 nitrogen and oxygen atoms in total. The van der Waals surface area contributed by atoms with Crippen LogP contribution in [-0.4, -0.2) is 21.5 Å². The maximum atomic E-state index is 4.26. The SMILES string of the molecule is CCCNC(c1cnnn1CCC)C1CCCC1C. The summed E-state index contributed by atoms with van der Waals surface area (Å²) in [5, 5.41) is 12.1. The van der Waals surface area contributed by atoms with Gasteiger partial charge in [-0.2, -0.15) is 0 Å². The van der Waals surface area contributed by atoms with Crippen molar-refractivity contribution in [2.75, 3.05) is 6.54 Å². The smallest absolute Gasteiger partial charge is 0.0759 e. The number of aryl methyl sites for hydroxylation is 1. The predicted molar refractivity (Wildman–Crippen MR) is 77.9 cm³/mol. The van der Waals surface area contributed by atoms with Gasteiger partial charge in [-0.3, -0.25) is 0 Å². The second-order valence-electron chi connectivity index (χ2n) is 5.89. The molecular formula is C15H28N4. The van der Waals surface area contributed by atoms with Gasteiger partial charge in [0, 0.05) is 6.54 Å². The van der Waals surface area contributed by atoms with E-state index in [9.17, 15) is 0 Å². The molecule has 19 heavy (non-hydrogen) atoms. The number of nitrogens with zero attached hydrogens (tertiary/aromatic N) is 3. The first-order valence-corrected chi connectivity index (χ1v) is 7.89. The second-order valence-corrected chi connectivity index (χ2v) is 5.89. The van der Waals surface area contributed by atoms with Gasteiger partial charge < -0.3 is 5.32 Å². The Morgan fingerprint density at radius 1 is 1.37 bits per heavy atom. The van der Waals surface area contributed by atoms with Crippen LogP contribution in [0.1, 0.15) is 64.6 Å². The normalized spacial score (nSPS) is 24.8. The average Bonchev–Trinajstić information content (AvgIpc) is 3.01. The van der Waals surface area contributed by atoms with Crippen molar-refractivity contribution in [2.45, 2.75) is 65.5 Å². The Hall–Kier alpha value is -0.900. The lowest BCUT2D eigenvalue weighted by atomic mass is 9.88. The summed E-state index contributed by atoms with van der Waals surface area (Å²) in [6, 6.07) is 0.430. The number of aromatic nitrogens is 3. The van der Waals surface area contributed by atoms with Crippen LogP contribution in [0.2, 0.25) is 0 Å². The molecule has 1 aromatic rings. The third-order valence-electron chi connectivity index (χ3n) is 4.37. The Bertz CT molecular complexity index is 374. The van der Waals surface area contributed by atoms with E-state index in [-0.39, 0.29) is 0 Å². The molecule has 108 valence electrons. The summed E-state index contributed by atoms with van der Waals surface area (Å²) in [6.07, 6.45) is 8.31. The highest BCUT2D eigenvalue weighted by molar-refractivity contribution is 5.06. The van der Waals surface area contributed by atoms with Gasteiger partial charge in [-0.25, -0.2) is 4.68 Å². The van der Waals surface area contributed by atoms with Crippen molar-refractivity contribution in [2.24, 2.45) is 11.8 Å². The third kappa shape index (κ3) is 3.35. The van der Waals surface area contributed by atoms with Crippen molar-refractivity contribution in [1.29, 1.82) is 0 Å². The molecule has 0 amide bonds. The zero-order chi connectivity index (χ0) is 13.7. The van der Waals surface area contributed by atoms with E-state index in [2.05, 4.69) is 41.1 Å². The zero-order valence-electron chi connectivity index (χ0n) is 12.6. The highest BCUT2D eigenvalue weighted by atomic mass is 15.4. The van der Waals surface area contributed by atoms with Gasteiger partial charge in [0.15, 0.2) is 0 Å². The van der Waals surface area contributed by atoms with Crippen LogP contribution in [0.4, 0.5) is 0 Å². The minimum absolute atomic E-state index is 0.430. The number of hydrogen-bond donors (Lipinski definition) is 1. The van der Waals surface area contributed by atoms with Gasteiger partial charge in [-0.1, -0.05) is 38.8 Å². The molecule has 3 unspecified atom stereocenters. The molecule has 3 atom stereocenters. The van der Waals surface area contributed by atoms with E-state index in [0.29, 0.717) is 6.04 Å². The highest BCUT2D eigenvalue weighted by Gasteiger charge is 2.33. The predicted octanol–water partition coefficient (Wildman–Crippen LogP) is 3.17. The summed E-state index contributed by atoms with van der Waals surface area (Å²) in [6.45, 7) is 8.86. The van der Waals surface area contributed by atoms with Crippen LogP contribution in [0.5, 0.6) is 0 Å². The third-order valence-corrected chi connectivity index (χ3v) is 4.37. The highest BCUT2D eigenvalue weighted by Crippen LogP contribution is 2.39. The lowest BCUT2D eigenvalue weighted by molar-refractivity contribution is 0.287. The Labute approximate surface area is 117 Å². The summed E-state index contributed by atoms with van der Waals surface area (Å²) in [5.74, 6) is 1.54. The van der Waals surface area contributed by atoms with Gasteiger partial charge >= 0.3 is 0 Å². The van der Waals surface area contributed by atoms with E-state index in [4.69, 9.17) is 0 Å². The zero-order valence-corrected chi connectivity index (χ0v) is 12.6. The molecule has 1 aliphatic carbocycles. The maximum absolute atomic E-state index is 4.26. The van der Waals surface area contributed by atoms with Crippen molar-refractivity contribution < 1.29 is 0 Å². The molecular weight excluding hydrogens is 236 g/mol. The van der Waals surface area contributed by atoms with E-state index in [1.165, 1.54) is 31.4 Å². The molecule has 0 bridgehead atoms. The fourth-order valence-electron chi connectivity index (χ4n) is 3.34. The Morgan fingerprint density at radius 3 is 2.84 bits per heavy atom. The first-order valence-electron chi connectivity index (χ1n) is 7.89. The first kappa shape index (κ1) is 14.5. The van der Waals surface area contributed by atoms with Crippen molar-refractivity contribution in [1.82, 2.24) is 20.3 Å². The Balaban J connectivity index is 2.18. The monoisotopic (exact) mass is 264 g/mol. The lowest BCUT2D eigenvalue weighted by Crippen LogP contribution is -2.32. The minimum atomic E-state index is 0.430. The van der Waals surface area contributed by atoms with Crippen molar-refractivity contribution in [3.8, 4) is 0 Å². The molecule has 0 aliphatic heterocycles. The van der Waals surface area contributed by atoms with Gasteiger partial charge in [-0.15, -0.1) is 5.10 Å². The van der Waals surface area contributed by atoms with Crippen molar-refractivity contribution in [3.05, 3.63) is 11.9 Å². The van der Waals surface area contributed by atoms with Gasteiger partial charge in [0.1, 0.15) is 0 Å². The Morgan fingerprint density at radius 2 is 2.21 bits per heavy atom. The molecule has 0 saturated heterocycles. The van der Waals surface area contributed by atoms with E-state index < -0.39 is 0 Å². The topological polar surface area (TPSA) is 42.7 Å². The number of hydrogen-bond acceptors (Lipinski definition) is 3. The molecule has 0 spiro atoms. The average molecular weight is 264 g/mol. The molecule has 1 heterocycles. The summed E-state index contributed by atoms with van der Waals surface area (Å²) >= 11 is 0. The van der Waals surface area contributed by atoms with Crippen LogP contribution in [0.15, 0.2) is 6.20 Å². The first-order chi connectivity index (χ1) is 9.27. The molecule has 1 aliphatic rings. The minimum Gasteiger partial charge on any atom is -0.308 e. The standard InChI is InChI=1S/C15H28N4/c1-4-9-16-15(13-8-6-7-12(13)3)14-11-17-18-19(14)10-5-2/h11-13,15-16H,4-10H2,1-3H3. The van der Waals surface area contributed by atoms with E-state index in [1.807, 2.05) is 6.20 Å². The molecule has 1 saturated carbocycles. The van der Waals surface area contributed by atoms with Gasteiger partial charge in [0.2, 0.25) is 0 Å². The van der Waals surface area contributed by atoms with Crippen LogP contribution >= 0.6 is 0 Å². The molecule has 0 radical (unpaired) electrons. The van der Waals surface area contributed by atoms with Crippen LogP contribution in [-0.2, 0) is 6.54 Å². The molecule has 0 aromatic carbocycles. The lowest BCUT2D eigenvalue weighted by Gasteiger charge is -2.28.